The number of fused-ring (bicyclic) bond motifs is 1. The normalized spacial score (nSPS) is 16.7. The zero-order chi connectivity index (χ0) is 22.9. The number of hydrogen-bond donors (Lipinski definition) is 3. The smallest absolute Gasteiger partial charge is 0.269 e. The maximum atomic E-state index is 12.2. The molecular weight excluding hydrogens is 407 g/mol. The van der Waals surface area contributed by atoms with Crippen molar-refractivity contribution in [3.63, 3.8) is 0 Å². The van der Waals surface area contributed by atoms with Gasteiger partial charge >= 0.3 is 0 Å². The van der Waals surface area contributed by atoms with Crippen LogP contribution in [0.15, 0.2) is 41.5 Å². The Morgan fingerprint density at radius 3 is 2.59 bits per heavy atom. The van der Waals surface area contributed by atoms with E-state index in [2.05, 4.69) is 25.2 Å². The van der Waals surface area contributed by atoms with E-state index in [0.717, 1.165) is 5.69 Å². The van der Waals surface area contributed by atoms with Gasteiger partial charge in [-0.3, -0.25) is 19.5 Å². The highest BCUT2D eigenvalue weighted by Gasteiger charge is 2.33. The number of carbonyl (C=O) groups is 1. The number of rotatable bonds is 5. The highest BCUT2D eigenvalue weighted by Crippen LogP contribution is 2.26. The predicted octanol–water partition coefficient (Wildman–Crippen LogP) is 0.333. The lowest BCUT2D eigenvalue weighted by Gasteiger charge is -2.44. The van der Waals surface area contributed by atoms with Crippen LogP contribution in [-0.2, 0) is 12.0 Å². The van der Waals surface area contributed by atoms with E-state index in [-0.39, 0.29) is 11.5 Å². The monoisotopic (exact) mass is 432 g/mol. The van der Waals surface area contributed by atoms with Crippen molar-refractivity contribution in [1.82, 2.24) is 25.2 Å². The minimum Gasteiger partial charge on any atom is -0.381 e. The maximum absolute atomic E-state index is 12.2. The highest BCUT2D eigenvalue weighted by molar-refractivity contribution is 6.14. The van der Waals surface area contributed by atoms with Gasteiger partial charge in [-0.1, -0.05) is 6.92 Å². The van der Waals surface area contributed by atoms with Crippen molar-refractivity contribution in [2.75, 3.05) is 38.1 Å². The number of pyridine rings is 3. The van der Waals surface area contributed by atoms with Crippen LogP contribution in [0, 0.1) is 0 Å². The fourth-order valence-corrected chi connectivity index (χ4v) is 3.91. The van der Waals surface area contributed by atoms with Crippen LogP contribution in [0.5, 0.6) is 0 Å². The van der Waals surface area contributed by atoms with Crippen LogP contribution in [0.25, 0.3) is 11.0 Å². The van der Waals surface area contributed by atoms with E-state index >= 15 is 0 Å². The summed E-state index contributed by atoms with van der Waals surface area (Å²) in [5, 5.41) is 13.7. The topological polar surface area (TPSA) is 114 Å². The molecule has 0 aliphatic carbocycles. The molecule has 1 atom stereocenters. The van der Waals surface area contributed by atoms with Crippen molar-refractivity contribution >= 4 is 30.5 Å². The van der Waals surface area contributed by atoms with Crippen molar-refractivity contribution in [2.45, 2.75) is 19.0 Å². The van der Waals surface area contributed by atoms with Crippen molar-refractivity contribution < 1.29 is 9.90 Å². The molecule has 9 nitrogen and oxygen atoms in total. The molecule has 0 aromatic carbocycles. The van der Waals surface area contributed by atoms with Crippen molar-refractivity contribution in [2.24, 2.45) is 0 Å². The summed E-state index contributed by atoms with van der Waals surface area (Å²) < 4.78 is 0. The zero-order valence-corrected chi connectivity index (χ0v) is 18.1. The van der Waals surface area contributed by atoms with Gasteiger partial charge in [-0.05, 0) is 30.7 Å². The largest absolute Gasteiger partial charge is 0.381 e. The average Bonchev–Trinajstić information content (AvgIpc) is 2.82. The number of aromatic nitrogens is 3. The Labute approximate surface area is 186 Å². The number of H-pyrrole nitrogens is 1. The van der Waals surface area contributed by atoms with E-state index in [1.165, 1.54) is 0 Å². The number of carbonyl (C=O) groups excluding carboxylic acids is 1. The van der Waals surface area contributed by atoms with Gasteiger partial charge in [-0.2, -0.15) is 0 Å². The van der Waals surface area contributed by atoms with Crippen LogP contribution in [0.2, 0.25) is 0 Å². The molecule has 1 amide bonds. The molecule has 3 N–H and O–H groups in total. The Kier molecular flexibility index (Phi) is 5.99. The quantitative estimate of drug-likeness (QED) is 0.498. The molecule has 164 valence electrons. The molecule has 0 bridgehead atoms. The molecule has 4 heterocycles. The number of amides is 1. The van der Waals surface area contributed by atoms with Gasteiger partial charge in [0.25, 0.3) is 11.5 Å². The van der Waals surface area contributed by atoms with Gasteiger partial charge in [0.05, 0.1) is 28.5 Å². The van der Waals surface area contributed by atoms with Crippen LogP contribution in [0.1, 0.15) is 28.5 Å². The first-order valence-electron chi connectivity index (χ1n) is 10.5. The van der Waals surface area contributed by atoms with E-state index in [1.54, 1.807) is 42.5 Å². The number of aryl methyl sites for hydroxylation is 1. The van der Waals surface area contributed by atoms with Gasteiger partial charge in [0.1, 0.15) is 13.5 Å². The average molecular weight is 432 g/mol. The molecule has 1 fully saturated rings. The van der Waals surface area contributed by atoms with Crippen molar-refractivity contribution in [1.29, 1.82) is 0 Å². The molecule has 10 heteroatoms. The van der Waals surface area contributed by atoms with Crippen molar-refractivity contribution in [3.8, 4) is 0 Å². The summed E-state index contributed by atoms with van der Waals surface area (Å²) >= 11 is 0. The minimum atomic E-state index is -1.73. The summed E-state index contributed by atoms with van der Waals surface area (Å²) in [5.41, 5.74) is 1.63. The molecule has 2 radical (unpaired) electrons. The number of nitrogens with one attached hydrogen (secondary N) is 2. The van der Waals surface area contributed by atoms with Gasteiger partial charge in [0, 0.05) is 50.6 Å². The summed E-state index contributed by atoms with van der Waals surface area (Å²) in [4.78, 5) is 39.1. The van der Waals surface area contributed by atoms with Crippen LogP contribution in [0.3, 0.4) is 0 Å². The lowest BCUT2D eigenvalue weighted by molar-refractivity contribution is -0.0454. The first-order valence-corrected chi connectivity index (χ1v) is 10.5. The Bertz CT molecular complexity index is 1190. The number of piperazine rings is 1. The summed E-state index contributed by atoms with van der Waals surface area (Å²) in [5.74, 6) is -0.231. The molecule has 0 spiro atoms. The Balaban J connectivity index is 1.48. The Hall–Kier alpha value is -3.24. The summed E-state index contributed by atoms with van der Waals surface area (Å²) in [6.07, 6.45) is 3.83. The summed E-state index contributed by atoms with van der Waals surface area (Å²) in [6.45, 7) is 4.17. The summed E-state index contributed by atoms with van der Waals surface area (Å²) in [7, 11) is 7.89. The van der Waals surface area contributed by atoms with Crippen molar-refractivity contribution in [3.05, 3.63) is 63.8 Å². The SMILES string of the molecule is [B]C(O)(c1cnc2cc(CC)c(=O)[nH]c2c1)N1CCN(c2ccc(C(=O)NC)nc2)CC1. The second kappa shape index (κ2) is 8.72. The molecule has 1 aliphatic heterocycles. The molecule has 3 aromatic heterocycles. The highest BCUT2D eigenvalue weighted by atomic mass is 16.3. The third-order valence-electron chi connectivity index (χ3n) is 5.91. The molecule has 32 heavy (non-hydrogen) atoms. The molecule has 4 rings (SSSR count). The summed E-state index contributed by atoms with van der Waals surface area (Å²) in [6, 6.07) is 6.98. The van der Waals surface area contributed by atoms with E-state index in [4.69, 9.17) is 7.85 Å². The van der Waals surface area contributed by atoms with Crippen LogP contribution in [0.4, 0.5) is 5.69 Å². The van der Waals surface area contributed by atoms with Crippen LogP contribution < -0.4 is 15.8 Å². The van der Waals surface area contributed by atoms with Crippen LogP contribution in [-0.4, -0.2) is 71.9 Å². The fraction of sp³-hybridized carbons (Fsp3) is 0.364. The van der Waals surface area contributed by atoms with Gasteiger partial charge in [0.15, 0.2) is 0 Å². The third kappa shape index (κ3) is 4.11. The minimum absolute atomic E-state index is 0.163. The molecular formula is C22H25BN6O3. The second-order valence-corrected chi connectivity index (χ2v) is 7.82. The standard InChI is InChI=1S/C22H25BN6O3/c1-3-14-10-18-19(27-20(14)30)11-15(12-25-18)22(23,32)29-8-6-28(7-9-29)16-4-5-17(26-13-16)21(31)24-2/h4-5,10-13,32H,3,6-9H2,1-2H3,(H,24,31)(H,27,30). The van der Waals surface area contributed by atoms with E-state index in [0.29, 0.717) is 60.5 Å². The Morgan fingerprint density at radius 1 is 1.22 bits per heavy atom. The number of hydrogen-bond acceptors (Lipinski definition) is 7. The van der Waals surface area contributed by atoms with Gasteiger partial charge in [-0.25, -0.2) is 4.98 Å². The Morgan fingerprint density at radius 2 is 1.97 bits per heavy atom. The first-order chi connectivity index (χ1) is 15.3. The van der Waals surface area contributed by atoms with Gasteiger partial charge in [-0.15, -0.1) is 0 Å². The molecule has 3 aromatic rings. The van der Waals surface area contributed by atoms with E-state index < -0.39 is 5.62 Å². The zero-order valence-electron chi connectivity index (χ0n) is 18.1. The van der Waals surface area contributed by atoms with E-state index in [9.17, 15) is 14.7 Å². The number of aliphatic hydroxyl groups is 1. The maximum Gasteiger partial charge on any atom is 0.269 e. The van der Waals surface area contributed by atoms with Gasteiger partial charge < -0.3 is 20.3 Å². The third-order valence-corrected chi connectivity index (χ3v) is 5.91. The number of nitrogens with zero attached hydrogens (tertiary/aromatic N) is 4. The van der Waals surface area contributed by atoms with Gasteiger partial charge in [0.2, 0.25) is 0 Å². The lowest BCUT2D eigenvalue weighted by Crippen LogP contribution is -2.56. The fourth-order valence-electron chi connectivity index (χ4n) is 3.91. The second-order valence-electron chi connectivity index (χ2n) is 7.82. The molecule has 0 saturated carbocycles. The van der Waals surface area contributed by atoms with Crippen LogP contribution >= 0.6 is 0 Å². The number of aromatic amines is 1. The molecule has 1 aliphatic rings. The first kappa shape index (κ1) is 22.0. The number of anilines is 1. The lowest BCUT2D eigenvalue weighted by atomic mass is 9.82. The molecule has 1 saturated heterocycles. The predicted molar refractivity (Wildman–Crippen MR) is 123 cm³/mol. The molecule has 1 unspecified atom stereocenters. The van der Waals surface area contributed by atoms with E-state index in [1.807, 2.05) is 13.0 Å².